The second-order valence-electron chi connectivity index (χ2n) is 9.41. The minimum absolute atomic E-state index is 0.0371. The van der Waals surface area contributed by atoms with Crippen molar-refractivity contribution < 1.29 is 26.3 Å². The molecule has 2 aliphatic carbocycles. The van der Waals surface area contributed by atoms with E-state index in [0.717, 1.165) is 25.7 Å². The maximum atomic E-state index is 15.1. The standard InChI is InChI=1S/C27H22F6/c1-12-3-5-14(6-4-12)17-7-8-18(24(30)23(17)29)19-11-16-10-15-9-13(2)22(28)26(32)20(15)21(16)27(33)25(19)31/h7-9,11-12,14H,3-6,10H2,1-2H3. The van der Waals surface area contributed by atoms with Crippen LogP contribution >= 0.6 is 0 Å². The molecule has 0 heterocycles. The van der Waals surface area contributed by atoms with Crippen molar-refractivity contribution in [2.24, 2.45) is 5.92 Å². The zero-order valence-corrected chi connectivity index (χ0v) is 18.3. The summed E-state index contributed by atoms with van der Waals surface area (Å²) >= 11 is 0. The molecule has 0 N–H and O–H groups in total. The number of hydrogen-bond acceptors (Lipinski definition) is 0. The molecule has 3 aromatic carbocycles. The molecule has 1 fully saturated rings. The van der Waals surface area contributed by atoms with E-state index in [1.807, 2.05) is 0 Å². The van der Waals surface area contributed by atoms with Gasteiger partial charge in [-0.05, 0) is 66.3 Å². The highest BCUT2D eigenvalue weighted by Gasteiger charge is 2.33. The lowest BCUT2D eigenvalue weighted by Gasteiger charge is -2.27. The first-order valence-electron chi connectivity index (χ1n) is 11.2. The van der Waals surface area contributed by atoms with Crippen LogP contribution < -0.4 is 0 Å². The van der Waals surface area contributed by atoms with Crippen molar-refractivity contribution >= 4 is 0 Å². The molecule has 0 bridgehead atoms. The predicted octanol–water partition coefficient (Wildman–Crippen LogP) is 8.36. The normalized spacial score (nSPS) is 19.5. The number of fused-ring (bicyclic) bond motifs is 3. The van der Waals surface area contributed by atoms with E-state index in [9.17, 15) is 8.78 Å². The summed E-state index contributed by atoms with van der Waals surface area (Å²) in [5.41, 5.74) is -0.665. The number of benzene rings is 3. The molecule has 1 saturated carbocycles. The topological polar surface area (TPSA) is 0 Å². The van der Waals surface area contributed by atoms with Crippen molar-refractivity contribution in [3.8, 4) is 22.3 Å². The summed E-state index contributed by atoms with van der Waals surface area (Å²) in [4.78, 5) is 0. The fourth-order valence-electron chi connectivity index (χ4n) is 5.38. The summed E-state index contributed by atoms with van der Waals surface area (Å²) in [6.45, 7) is 3.51. The molecular formula is C27H22F6. The third-order valence-electron chi connectivity index (χ3n) is 7.25. The summed E-state index contributed by atoms with van der Waals surface area (Å²) in [6, 6.07) is 5.33. The van der Waals surface area contributed by atoms with Gasteiger partial charge in [-0.1, -0.05) is 38.0 Å². The molecule has 0 nitrogen and oxygen atoms in total. The van der Waals surface area contributed by atoms with Crippen LogP contribution in [0, 0.1) is 47.7 Å². The Hall–Kier alpha value is -2.76. The molecule has 0 atom stereocenters. The molecule has 33 heavy (non-hydrogen) atoms. The van der Waals surface area contributed by atoms with Crippen LogP contribution in [0.5, 0.6) is 0 Å². The number of halogens is 6. The maximum absolute atomic E-state index is 15.1. The van der Waals surface area contributed by atoms with Gasteiger partial charge in [0.25, 0.3) is 0 Å². The van der Waals surface area contributed by atoms with E-state index in [1.54, 1.807) is 0 Å². The summed E-state index contributed by atoms with van der Waals surface area (Å²) < 4.78 is 88.9. The van der Waals surface area contributed by atoms with Gasteiger partial charge in [-0.3, -0.25) is 0 Å². The van der Waals surface area contributed by atoms with Crippen molar-refractivity contribution in [2.45, 2.75) is 51.9 Å². The van der Waals surface area contributed by atoms with Crippen LogP contribution in [0.1, 0.15) is 60.8 Å². The SMILES string of the molecule is Cc1cc2c(c(F)c1F)-c1c(cc(-c3ccc(C4CCC(C)CC4)c(F)c3F)c(F)c1F)C2. The van der Waals surface area contributed by atoms with E-state index in [2.05, 4.69) is 6.92 Å². The molecular weight excluding hydrogens is 438 g/mol. The zero-order valence-electron chi connectivity index (χ0n) is 18.3. The van der Waals surface area contributed by atoms with Crippen molar-refractivity contribution in [1.29, 1.82) is 0 Å². The second kappa shape index (κ2) is 7.93. The molecule has 2 aliphatic rings. The van der Waals surface area contributed by atoms with Crippen LogP contribution in [0.15, 0.2) is 24.3 Å². The largest absolute Gasteiger partial charge is 0.203 e. The summed E-state index contributed by atoms with van der Waals surface area (Å²) in [6.07, 6.45) is 3.39. The summed E-state index contributed by atoms with van der Waals surface area (Å²) in [5, 5.41) is 0. The van der Waals surface area contributed by atoms with E-state index >= 15 is 17.6 Å². The van der Waals surface area contributed by atoms with Gasteiger partial charge in [0.15, 0.2) is 34.9 Å². The average Bonchev–Trinajstić information content (AvgIpc) is 3.16. The van der Waals surface area contributed by atoms with E-state index in [4.69, 9.17) is 0 Å². The van der Waals surface area contributed by atoms with Gasteiger partial charge < -0.3 is 0 Å². The monoisotopic (exact) mass is 460 g/mol. The highest BCUT2D eigenvalue weighted by atomic mass is 19.2. The molecule has 3 aromatic rings. The van der Waals surface area contributed by atoms with Crippen molar-refractivity contribution in [2.75, 3.05) is 0 Å². The van der Waals surface area contributed by atoms with Gasteiger partial charge in [0.05, 0.1) is 0 Å². The van der Waals surface area contributed by atoms with Crippen LogP contribution in [0.3, 0.4) is 0 Å². The summed E-state index contributed by atoms with van der Waals surface area (Å²) in [7, 11) is 0. The lowest BCUT2D eigenvalue weighted by atomic mass is 9.79. The maximum Gasteiger partial charge on any atom is 0.167 e. The summed E-state index contributed by atoms with van der Waals surface area (Å²) in [5.74, 6) is -7.00. The van der Waals surface area contributed by atoms with Gasteiger partial charge in [-0.2, -0.15) is 0 Å². The predicted molar refractivity (Wildman–Crippen MR) is 115 cm³/mol. The smallest absolute Gasteiger partial charge is 0.167 e. The first kappa shape index (κ1) is 22.1. The Labute approximate surface area is 188 Å². The molecule has 5 rings (SSSR count). The van der Waals surface area contributed by atoms with E-state index in [1.165, 1.54) is 31.2 Å². The first-order valence-corrected chi connectivity index (χ1v) is 11.2. The fourth-order valence-corrected chi connectivity index (χ4v) is 5.38. The Kier molecular flexibility index (Phi) is 5.30. The van der Waals surface area contributed by atoms with E-state index in [-0.39, 0.29) is 40.2 Å². The zero-order chi connectivity index (χ0) is 23.6. The van der Waals surface area contributed by atoms with Crippen LogP contribution in [0.25, 0.3) is 22.3 Å². The molecule has 0 saturated heterocycles. The van der Waals surface area contributed by atoms with Crippen LogP contribution in [0.4, 0.5) is 26.3 Å². The minimum Gasteiger partial charge on any atom is -0.203 e. The third kappa shape index (κ3) is 3.37. The van der Waals surface area contributed by atoms with Crippen molar-refractivity contribution in [1.82, 2.24) is 0 Å². The van der Waals surface area contributed by atoms with Crippen molar-refractivity contribution in [3.63, 3.8) is 0 Å². The number of aryl methyl sites for hydroxylation is 1. The highest BCUT2D eigenvalue weighted by Crippen LogP contribution is 2.45. The quantitative estimate of drug-likeness (QED) is 0.264. The molecule has 0 spiro atoms. The van der Waals surface area contributed by atoms with Gasteiger partial charge in [0, 0.05) is 22.3 Å². The molecule has 172 valence electrons. The Morgan fingerprint density at radius 2 is 1.21 bits per heavy atom. The van der Waals surface area contributed by atoms with Gasteiger partial charge in [-0.25, -0.2) is 26.3 Å². The number of hydrogen-bond donors (Lipinski definition) is 0. The minimum atomic E-state index is -1.42. The van der Waals surface area contributed by atoms with Crippen LogP contribution in [-0.2, 0) is 6.42 Å². The molecule has 6 heteroatoms. The van der Waals surface area contributed by atoms with E-state index in [0.29, 0.717) is 11.5 Å². The average molecular weight is 460 g/mol. The molecule has 0 aromatic heterocycles. The second-order valence-corrected chi connectivity index (χ2v) is 9.41. The van der Waals surface area contributed by atoms with Gasteiger partial charge in [0.1, 0.15) is 0 Å². The lowest BCUT2D eigenvalue weighted by Crippen LogP contribution is -2.13. The lowest BCUT2D eigenvalue weighted by molar-refractivity contribution is 0.339. The fraction of sp³-hybridized carbons (Fsp3) is 0.333. The van der Waals surface area contributed by atoms with Crippen LogP contribution in [-0.4, -0.2) is 0 Å². The van der Waals surface area contributed by atoms with Gasteiger partial charge in [0.2, 0.25) is 0 Å². The Morgan fingerprint density at radius 3 is 1.88 bits per heavy atom. The Morgan fingerprint density at radius 1 is 0.636 bits per heavy atom. The Balaban J connectivity index is 1.60. The van der Waals surface area contributed by atoms with Gasteiger partial charge >= 0.3 is 0 Å². The van der Waals surface area contributed by atoms with Gasteiger partial charge in [-0.15, -0.1) is 0 Å². The van der Waals surface area contributed by atoms with Crippen LogP contribution in [0.2, 0.25) is 0 Å². The molecule has 0 radical (unpaired) electrons. The Bertz CT molecular complexity index is 1280. The molecule has 0 aliphatic heterocycles. The highest BCUT2D eigenvalue weighted by molar-refractivity contribution is 5.82. The van der Waals surface area contributed by atoms with Crippen molar-refractivity contribution in [3.05, 3.63) is 81.4 Å². The molecule has 0 amide bonds. The van der Waals surface area contributed by atoms with E-state index < -0.39 is 46.0 Å². The molecule has 0 unspecified atom stereocenters. The number of rotatable bonds is 2. The third-order valence-corrected chi connectivity index (χ3v) is 7.25. The first-order chi connectivity index (χ1) is 15.7.